The molecule has 5 heteroatoms. The second-order valence-corrected chi connectivity index (χ2v) is 6.58. The molecule has 2 aromatic carbocycles. The normalized spacial score (nSPS) is 20.2. The number of halogens is 3. The summed E-state index contributed by atoms with van der Waals surface area (Å²) >= 11 is 0. The summed E-state index contributed by atoms with van der Waals surface area (Å²) < 4.78 is 53.8. The maximum absolute atomic E-state index is 14.6. The molecule has 0 bridgehead atoms. The molecule has 0 N–H and O–H groups in total. The summed E-state index contributed by atoms with van der Waals surface area (Å²) in [5.74, 6) is -2.18. The Morgan fingerprint density at radius 3 is 2.46 bits per heavy atom. The molecule has 2 atom stereocenters. The van der Waals surface area contributed by atoms with Crippen LogP contribution < -0.4 is 4.74 Å². The average molecular weight is 364 g/mol. The molecule has 0 aliphatic carbocycles. The van der Waals surface area contributed by atoms with Crippen LogP contribution in [-0.4, -0.2) is 13.2 Å². The second kappa shape index (κ2) is 8.12. The maximum Gasteiger partial charge on any atom is 0.201 e. The van der Waals surface area contributed by atoms with Crippen molar-refractivity contribution in [3.63, 3.8) is 0 Å². The van der Waals surface area contributed by atoms with Crippen LogP contribution in [0.2, 0.25) is 0 Å². The molecule has 0 amide bonds. The molecule has 140 valence electrons. The Morgan fingerprint density at radius 1 is 1.04 bits per heavy atom. The number of ether oxygens (including phenoxy) is 2. The fourth-order valence-electron chi connectivity index (χ4n) is 3.35. The minimum atomic E-state index is -1.06. The van der Waals surface area contributed by atoms with Crippen LogP contribution in [0.25, 0.3) is 11.1 Å². The van der Waals surface area contributed by atoms with Crippen molar-refractivity contribution in [1.82, 2.24) is 0 Å². The maximum atomic E-state index is 14.6. The first-order valence-corrected chi connectivity index (χ1v) is 9.07. The Hall–Kier alpha value is -2.01. The molecule has 0 aromatic heterocycles. The van der Waals surface area contributed by atoms with Crippen LogP contribution in [0.4, 0.5) is 13.2 Å². The highest BCUT2D eigenvalue weighted by Crippen LogP contribution is 2.36. The van der Waals surface area contributed by atoms with E-state index >= 15 is 0 Å². The molecule has 26 heavy (non-hydrogen) atoms. The van der Waals surface area contributed by atoms with Gasteiger partial charge in [0.15, 0.2) is 11.6 Å². The smallest absolute Gasteiger partial charge is 0.201 e. The van der Waals surface area contributed by atoms with E-state index in [2.05, 4.69) is 6.92 Å². The van der Waals surface area contributed by atoms with Crippen LogP contribution in [0.3, 0.4) is 0 Å². The molecule has 2 nitrogen and oxygen atoms in total. The predicted molar refractivity (Wildman–Crippen MR) is 94.6 cm³/mol. The van der Waals surface area contributed by atoms with Gasteiger partial charge in [-0.3, -0.25) is 0 Å². The number of rotatable bonds is 5. The van der Waals surface area contributed by atoms with E-state index in [1.807, 2.05) is 0 Å². The lowest BCUT2D eigenvalue weighted by atomic mass is 9.92. The molecule has 0 spiro atoms. The topological polar surface area (TPSA) is 18.5 Å². The van der Waals surface area contributed by atoms with E-state index in [9.17, 15) is 13.2 Å². The molecule has 2 aromatic rings. The fourth-order valence-corrected chi connectivity index (χ4v) is 3.35. The Labute approximate surface area is 151 Å². The monoisotopic (exact) mass is 364 g/mol. The van der Waals surface area contributed by atoms with Gasteiger partial charge in [0, 0.05) is 11.1 Å². The highest BCUT2D eigenvalue weighted by molar-refractivity contribution is 5.66. The van der Waals surface area contributed by atoms with Crippen LogP contribution >= 0.6 is 0 Å². The van der Waals surface area contributed by atoms with E-state index in [0.717, 1.165) is 19.3 Å². The lowest BCUT2D eigenvalue weighted by Gasteiger charge is -2.29. The third-order valence-electron chi connectivity index (χ3n) is 4.95. The molecule has 3 rings (SSSR count). The van der Waals surface area contributed by atoms with Crippen LogP contribution in [0.5, 0.6) is 5.75 Å². The molecule has 0 radical (unpaired) electrons. The Balaban J connectivity index is 1.85. The van der Waals surface area contributed by atoms with E-state index in [0.29, 0.717) is 18.1 Å². The molecule has 1 heterocycles. The Bertz CT molecular complexity index is 768. The highest BCUT2D eigenvalue weighted by Gasteiger charge is 2.25. The van der Waals surface area contributed by atoms with Gasteiger partial charge in [-0.2, -0.15) is 4.39 Å². The largest absolute Gasteiger partial charge is 0.491 e. The predicted octanol–water partition coefficient (Wildman–Crippen LogP) is 6.05. The summed E-state index contributed by atoms with van der Waals surface area (Å²) in [5, 5.41) is 0. The third-order valence-corrected chi connectivity index (χ3v) is 4.95. The first-order valence-electron chi connectivity index (χ1n) is 9.07. The van der Waals surface area contributed by atoms with Gasteiger partial charge < -0.3 is 9.47 Å². The van der Waals surface area contributed by atoms with Gasteiger partial charge in [-0.1, -0.05) is 25.5 Å². The fraction of sp³-hybridized carbons (Fsp3) is 0.429. The summed E-state index contributed by atoms with van der Waals surface area (Å²) in [4.78, 5) is 0. The molecule has 2 unspecified atom stereocenters. The van der Waals surface area contributed by atoms with Crippen molar-refractivity contribution in [3.8, 4) is 16.9 Å². The minimum absolute atomic E-state index is 0.00649. The molecule has 1 aliphatic heterocycles. The molecule has 1 saturated heterocycles. The van der Waals surface area contributed by atoms with E-state index < -0.39 is 17.5 Å². The second-order valence-electron chi connectivity index (χ2n) is 6.58. The Kier molecular flexibility index (Phi) is 5.87. The van der Waals surface area contributed by atoms with Crippen LogP contribution in [0.1, 0.15) is 44.8 Å². The van der Waals surface area contributed by atoms with Crippen molar-refractivity contribution in [3.05, 3.63) is 53.3 Å². The summed E-state index contributed by atoms with van der Waals surface area (Å²) in [6.07, 6.45) is 2.53. The van der Waals surface area contributed by atoms with Gasteiger partial charge in [-0.15, -0.1) is 0 Å². The van der Waals surface area contributed by atoms with Crippen molar-refractivity contribution in [2.45, 2.75) is 39.2 Å². The zero-order valence-corrected chi connectivity index (χ0v) is 15.0. The average Bonchev–Trinajstić information content (AvgIpc) is 2.66. The minimum Gasteiger partial charge on any atom is -0.491 e. The molecular formula is C21H23F3O2. The highest BCUT2D eigenvalue weighted by atomic mass is 19.2. The zero-order valence-electron chi connectivity index (χ0n) is 15.0. The molecule has 1 aliphatic rings. The summed E-state index contributed by atoms with van der Waals surface area (Å²) in [6.45, 7) is 4.67. The lowest BCUT2D eigenvalue weighted by Crippen LogP contribution is -2.20. The number of hydrogen-bond acceptors (Lipinski definition) is 2. The quantitative estimate of drug-likeness (QED) is 0.643. The van der Waals surface area contributed by atoms with E-state index in [4.69, 9.17) is 9.47 Å². The van der Waals surface area contributed by atoms with Crippen molar-refractivity contribution in [1.29, 1.82) is 0 Å². The van der Waals surface area contributed by atoms with Gasteiger partial charge >= 0.3 is 0 Å². The van der Waals surface area contributed by atoms with E-state index in [1.54, 1.807) is 19.1 Å². The van der Waals surface area contributed by atoms with Crippen LogP contribution in [0.15, 0.2) is 30.3 Å². The van der Waals surface area contributed by atoms with Crippen molar-refractivity contribution >= 4 is 0 Å². The summed E-state index contributed by atoms with van der Waals surface area (Å²) in [6, 6.07) is 7.21. The van der Waals surface area contributed by atoms with Crippen molar-refractivity contribution in [2.75, 3.05) is 13.2 Å². The molecule has 1 fully saturated rings. The zero-order chi connectivity index (χ0) is 18.7. The summed E-state index contributed by atoms with van der Waals surface area (Å²) in [5.41, 5.74) is 0.759. The van der Waals surface area contributed by atoms with E-state index in [1.165, 1.54) is 18.2 Å². The van der Waals surface area contributed by atoms with E-state index in [-0.39, 0.29) is 29.6 Å². The Morgan fingerprint density at radius 2 is 1.85 bits per heavy atom. The van der Waals surface area contributed by atoms with Gasteiger partial charge in [0.1, 0.15) is 5.82 Å². The van der Waals surface area contributed by atoms with Gasteiger partial charge in [0.25, 0.3) is 0 Å². The molecular weight excluding hydrogens is 341 g/mol. The standard InChI is InChI=1S/C21H23F3O2/c1-3-13-5-9-18(26-12-13)16-7-6-14(11-17(16)22)15-8-10-19(25-4-2)21(24)20(15)23/h6-8,10-11,13,18H,3-5,9,12H2,1-2H3. The van der Waals surface area contributed by atoms with Gasteiger partial charge in [-0.05, 0) is 49.4 Å². The van der Waals surface area contributed by atoms with Gasteiger partial charge in [-0.25, -0.2) is 8.78 Å². The first-order chi connectivity index (χ1) is 12.5. The van der Waals surface area contributed by atoms with Crippen molar-refractivity contribution in [2.24, 2.45) is 5.92 Å². The third kappa shape index (κ3) is 3.73. The van der Waals surface area contributed by atoms with Crippen molar-refractivity contribution < 1.29 is 22.6 Å². The van der Waals surface area contributed by atoms with Gasteiger partial charge in [0.05, 0.1) is 19.3 Å². The van der Waals surface area contributed by atoms with Crippen LogP contribution in [-0.2, 0) is 4.74 Å². The first kappa shape index (κ1) is 18.8. The van der Waals surface area contributed by atoms with Crippen LogP contribution in [0, 0.1) is 23.4 Å². The van der Waals surface area contributed by atoms with Gasteiger partial charge in [0.2, 0.25) is 5.82 Å². The number of hydrogen-bond donors (Lipinski definition) is 0. The SMILES string of the molecule is CCOc1ccc(-c2ccc(C3CCC(CC)CO3)c(F)c2)c(F)c1F. The lowest BCUT2D eigenvalue weighted by molar-refractivity contribution is -0.0198. The number of benzene rings is 2. The molecule has 0 saturated carbocycles. The summed E-state index contributed by atoms with van der Waals surface area (Å²) in [7, 11) is 0.